The van der Waals surface area contributed by atoms with Crippen molar-refractivity contribution in [3.8, 4) is 0 Å². The van der Waals surface area contributed by atoms with Gasteiger partial charge in [-0.15, -0.1) is 0 Å². The lowest BCUT2D eigenvalue weighted by molar-refractivity contribution is 0.346. The van der Waals surface area contributed by atoms with E-state index >= 15 is 0 Å². The number of sulfone groups is 1. The number of rotatable bonds is 6. The van der Waals surface area contributed by atoms with E-state index in [1.165, 1.54) is 12.3 Å². The third-order valence-electron chi connectivity index (χ3n) is 2.59. The average Bonchev–Trinajstić information content (AvgIpc) is 2.28. The molecular weight excluding hydrogens is 287 g/mol. The van der Waals surface area contributed by atoms with Crippen LogP contribution in [-0.2, 0) is 16.4 Å². The average molecular weight is 304 g/mol. The van der Waals surface area contributed by atoms with E-state index in [0.717, 1.165) is 5.56 Å². The van der Waals surface area contributed by atoms with E-state index in [1.807, 2.05) is 4.90 Å². The summed E-state index contributed by atoms with van der Waals surface area (Å²) in [5.74, 6) is -0.359. The van der Waals surface area contributed by atoms with Crippen LogP contribution in [0.1, 0.15) is 11.1 Å². The van der Waals surface area contributed by atoms with Crippen LogP contribution in [0.2, 0.25) is 0 Å². The van der Waals surface area contributed by atoms with Crippen LogP contribution in [0.3, 0.4) is 0 Å². The molecule has 0 saturated carbocycles. The van der Waals surface area contributed by atoms with Gasteiger partial charge in [0.2, 0.25) is 0 Å². The first-order valence-electron chi connectivity index (χ1n) is 5.63. The van der Waals surface area contributed by atoms with E-state index in [-0.39, 0.29) is 16.3 Å². The van der Waals surface area contributed by atoms with Gasteiger partial charge in [0, 0.05) is 24.9 Å². The Morgan fingerprint density at radius 3 is 2.63 bits per heavy atom. The maximum absolute atomic E-state index is 13.4. The van der Waals surface area contributed by atoms with Crippen LogP contribution in [-0.4, -0.2) is 43.9 Å². The Balaban J connectivity index is 2.72. The van der Waals surface area contributed by atoms with Crippen LogP contribution in [0.25, 0.3) is 0 Å². The lowest BCUT2D eigenvalue weighted by Gasteiger charge is -2.16. The Morgan fingerprint density at radius 2 is 2.11 bits per heavy atom. The molecular formula is C12H17FN2O2S2. The molecule has 1 aromatic rings. The fourth-order valence-electron chi connectivity index (χ4n) is 1.57. The Labute approximate surface area is 118 Å². The Morgan fingerprint density at radius 1 is 1.47 bits per heavy atom. The molecule has 2 N–H and O–H groups in total. The molecule has 0 aromatic heterocycles. The maximum Gasteiger partial charge on any atom is 0.148 e. The molecule has 0 heterocycles. The number of thiocarbonyl (C=S) groups is 1. The van der Waals surface area contributed by atoms with Crippen molar-refractivity contribution in [3.63, 3.8) is 0 Å². The number of hydrogen-bond donors (Lipinski definition) is 1. The van der Waals surface area contributed by atoms with Gasteiger partial charge in [0.15, 0.2) is 0 Å². The summed E-state index contributed by atoms with van der Waals surface area (Å²) in [6.07, 6.45) is 1.20. The predicted molar refractivity (Wildman–Crippen MR) is 78.3 cm³/mol. The highest BCUT2D eigenvalue weighted by atomic mass is 32.2. The van der Waals surface area contributed by atoms with Crippen molar-refractivity contribution >= 4 is 27.0 Å². The number of hydrogen-bond acceptors (Lipinski definition) is 4. The third kappa shape index (κ3) is 5.63. The molecule has 0 fully saturated rings. The van der Waals surface area contributed by atoms with Crippen LogP contribution >= 0.6 is 12.2 Å². The molecule has 4 nitrogen and oxygen atoms in total. The third-order valence-corrected chi connectivity index (χ3v) is 3.74. The second-order valence-electron chi connectivity index (χ2n) is 4.55. The first-order valence-corrected chi connectivity index (χ1v) is 8.10. The van der Waals surface area contributed by atoms with Crippen LogP contribution in [0.15, 0.2) is 18.2 Å². The van der Waals surface area contributed by atoms with Gasteiger partial charge < -0.3 is 10.6 Å². The largest absolute Gasteiger partial charge is 0.389 e. The zero-order valence-corrected chi connectivity index (χ0v) is 12.5. The first kappa shape index (κ1) is 16.0. The fourth-order valence-corrected chi connectivity index (χ4v) is 2.37. The number of halogens is 1. The first-order chi connectivity index (χ1) is 8.69. The van der Waals surface area contributed by atoms with Gasteiger partial charge in [-0.2, -0.15) is 0 Å². The van der Waals surface area contributed by atoms with Gasteiger partial charge in [-0.3, -0.25) is 0 Å². The van der Waals surface area contributed by atoms with Crippen LogP contribution in [0.4, 0.5) is 4.39 Å². The number of nitrogens with zero attached hydrogens (tertiary/aromatic N) is 1. The molecule has 1 aromatic carbocycles. The molecule has 0 aliphatic rings. The molecule has 0 atom stereocenters. The highest BCUT2D eigenvalue weighted by molar-refractivity contribution is 7.90. The van der Waals surface area contributed by atoms with Crippen molar-refractivity contribution in [2.75, 3.05) is 25.6 Å². The van der Waals surface area contributed by atoms with Crippen molar-refractivity contribution in [2.45, 2.75) is 6.54 Å². The van der Waals surface area contributed by atoms with Gasteiger partial charge in [-0.25, -0.2) is 12.8 Å². The number of benzene rings is 1. The number of nitrogens with two attached hydrogens (primary N) is 1. The van der Waals surface area contributed by atoms with Crippen molar-refractivity contribution in [2.24, 2.45) is 5.73 Å². The Hall–Kier alpha value is -1.05. The summed E-state index contributed by atoms with van der Waals surface area (Å²) in [5.41, 5.74) is 6.47. The second kappa shape index (κ2) is 6.40. The van der Waals surface area contributed by atoms with E-state index < -0.39 is 15.7 Å². The highest BCUT2D eigenvalue weighted by Gasteiger charge is 2.09. The van der Waals surface area contributed by atoms with Crippen LogP contribution in [0, 0.1) is 5.82 Å². The molecule has 0 bridgehead atoms. The molecule has 7 heteroatoms. The fraction of sp³-hybridized carbons (Fsp3) is 0.417. The summed E-state index contributed by atoms with van der Waals surface area (Å²) < 4.78 is 35.5. The van der Waals surface area contributed by atoms with Gasteiger partial charge in [0.25, 0.3) is 0 Å². The Kier molecular flexibility index (Phi) is 5.39. The van der Waals surface area contributed by atoms with Crippen molar-refractivity contribution < 1.29 is 12.8 Å². The summed E-state index contributed by atoms with van der Waals surface area (Å²) >= 11 is 4.77. The lowest BCUT2D eigenvalue weighted by Crippen LogP contribution is -2.25. The SMILES string of the molecule is CN(CCS(C)(=O)=O)Cc1ccc(F)c(C(N)=S)c1. The topological polar surface area (TPSA) is 63.4 Å². The smallest absolute Gasteiger partial charge is 0.148 e. The highest BCUT2D eigenvalue weighted by Crippen LogP contribution is 2.12. The Bertz CT molecular complexity index is 573. The van der Waals surface area contributed by atoms with Crippen molar-refractivity contribution in [1.29, 1.82) is 0 Å². The molecule has 0 amide bonds. The summed E-state index contributed by atoms with van der Waals surface area (Å²) in [5, 5.41) is 0. The van der Waals surface area contributed by atoms with E-state index in [4.69, 9.17) is 18.0 Å². The molecule has 106 valence electrons. The zero-order chi connectivity index (χ0) is 14.6. The quantitative estimate of drug-likeness (QED) is 0.792. The zero-order valence-electron chi connectivity index (χ0n) is 10.9. The summed E-state index contributed by atoms with van der Waals surface area (Å²) in [7, 11) is -1.18. The monoisotopic (exact) mass is 304 g/mol. The molecule has 0 spiro atoms. The van der Waals surface area contributed by atoms with E-state index in [2.05, 4.69) is 0 Å². The minimum absolute atomic E-state index is 0.0122. The molecule has 0 unspecified atom stereocenters. The standard InChI is InChI=1S/C12H17FN2O2S2/c1-15(5-6-19(2,16)17)8-9-3-4-11(13)10(7-9)12(14)18/h3-4,7H,5-6,8H2,1-2H3,(H2,14,18). The molecule has 0 saturated heterocycles. The van der Waals surface area contributed by atoms with Gasteiger partial charge in [0.05, 0.1) is 5.75 Å². The summed E-state index contributed by atoms with van der Waals surface area (Å²) in [6.45, 7) is 0.921. The minimum Gasteiger partial charge on any atom is -0.389 e. The van der Waals surface area contributed by atoms with Gasteiger partial charge >= 0.3 is 0 Å². The molecule has 0 radical (unpaired) electrons. The lowest BCUT2D eigenvalue weighted by atomic mass is 10.1. The van der Waals surface area contributed by atoms with E-state index in [1.54, 1.807) is 19.2 Å². The van der Waals surface area contributed by atoms with Crippen LogP contribution in [0.5, 0.6) is 0 Å². The van der Waals surface area contributed by atoms with E-state index in [9.17, 15) is 12.8 Å². The summed E-state index contributed by atoms with van der Waals surface area (Å²) in [6, 6.07) is 4.54. The van der Waals surface area contributed by atoms with Crippen molar-refractivity contribution in [3.05, 3.63) is 35.1 Å². The normalized spacial score (nSPS) is 11.8. The van der Waals surface area contributed by atoms with Gasteiger partial charge in [0.1, 0.15) is 20.6 Å². The predicted octanol–water partition coefficient (Wildman–Crippen LogP) is 0.936. The van der Waals surface area contributed by atoms with Crippen molar-refractivity contribution in [1.82, 2.24) is 4.90 Å². The molecule has 1 rings (SSSR count). The second-order valence-corrected chi connectivity index (χ2v) is 7.25. The molecule has 0 aliphatic carbocycles. The van der Waals surface area contributed by atoms with E-state index in [0.29, 0.717) is 13.1 Å². The van der Waals surface area contributed by atoms with Gasteiger partial charge in [-0.1, -0.05) is 18.3 Å². The van der Waals surface area contributed by atoms with Gasteiger partial charge in [-0.05, 0) is 24.7 Å². The minimum atomic E-state index is -2.98. The van der Waals surface area contributed by atoms with Crippen LogP contribution < -0.4 is 5.73 Å². The molecule has 19 heavy (non-hydrogen) atoms. The molecule has 0 aliphatic heterocycles. The summed E-state index contributed by atoms with van der Waals surface area (Å²) in [4.78, 5) is 1.86. The maximum atomic E-state index is 13.4.